The summed E-state index contributed by atoms with van der Waals surface area (Å²) in [5.41, 5.74) is 6.46. The van der Waals surface area contributed by atoms with E-state index >= 15 is 0 Å². The number of fused-ring (bicyclic) bond motifs is 1. The maximum Gasteiger partial charge on any atom is 0.374 e. The molecule has 0 saturated carbocycles. The summed E-state index contributed by atoms with van der Waals surface area (Å²) in [7, 11) is 0. The predicted molar refractivity (Wildman–Crippen MR) is 102 cm³/mol. The Bertz CT molecular complexity index is 896. The molecule has 2 aromatic rings. The Balaban J connectivity index is 1.83. The largest absolute Gasteiger partial charge is 0.460 e. The summed E-state index contributed by atoms with van der Waals surface area (Å²) in [5, 5.41) is 4.33. The van der Waals surface area contributed by atoms with Gasteiger partial charge in [0.05, 0.1) is 12.3 Å². The Hall–Kier alpha value is -2.89. The van der Waals surface area contributed by atoms with Gasteiger partial charge in [-0.2, -0.15) is 5.10 Å². The first kappa shape index (κ1) is 18.9. The van der Waals surface area contributed by atoms with Crippen LogP contribution in [-0.2, 0) is 11.2 Å². The van der Waals surface area contributed by atoms with E-state index in [-0.39, 0.29) is 11.7 Å². The molecule has 1 aliphatic carbocycles. The summed E-state index contributed by atoms with van der Waals surface area (Å²) in [6, 6.07) is 7.33. The number of nitrogens with one attached hydrogen (secondary N) is 1. The monoisotopic (exact) mass is 368 g/mol. The second-order valence-corrected chi connectivity index (χ2v) is 6.71. The standard InChI is InChI=1S/C21H24N2O4/c1-4-11-26-21(25)19-14(3)18-16(9-6-10-17(18)27-19)22-23-20(24)15-8-5-7-13(2)12-15/h5,7-8,12H,4,6,9-11H2,1-3H3,(H,23,24)/b22-16+. The molecule has 6 nitrogen and oxygen atoms in total. The highest BCUT2D eigenvalue weighted by molar-refractivity contribution is 6.06. The Morgan fingerprint density at radius 1 is 1.26 bits per heavy atom. The topological polar surface area (TPSA) is 80.9 Å². The number of carbonyl (C=O) groups is 2. The highest BCUT2D eigenvalue weighted by Crippen LogP contribution is 2.30. The number of nitrogens with zero attached hydrogens (tertiary/aromatic N) is 1. The van der Waals surface area contributed by atoms with Crippen LogP contribution in [0.1, 0.15) is 69.5 Å². The summed E-state index contributed by atoms with van der Waals surface area (Å²) in [4.78, 5) is 24.6. The minimum absolute atomic E-state index is 0.230. The summed E-state index contributed by atoms with van der Waals surface area (Å²) in [6.45, 7) is 6.06. The molecule has 0 spiro atoms. The molecule has 0 fully saturated rings. The highest BCUT2D eigenvalue weighted by Gasteiger charge is 2.28. The zero-order valence-corrected chi connectivity index (χ0v) is 15.9. The van der Waals surface area contributed by atoms with Gasteiger partial charge in [0.2, 0.25) is 5.76 Å². The molecule has 0 unspecified atom stereocenters. The number of hydrogen-bond acceptors (Lipinski definition) is 5. The second kappa shape index (κ2) is 8.20. The molecule has 1 amide bonds. The fourth-order valence-corrected chi connectivity index (χ4v) is 3.20. The fraction of sp³-hybridized carbons (Fsp3) is 0.381. The van der Waals surface area contributed by atoms with E-state index in [9.17, 15) is 9.59 Å². The maximum absolute atomic E-state index is 12.4. The number of amides is 1. The van der Waals surface area contributed by atoms with Crippen molar-refractivity contribution in [1.82, 2.24) is 5.43 Å². The van der Waals surface area contributed by atoms with Crippen molar-refractivity contribution < 1.29 is 18.7 Å². The van der Waals surface area contributed by atoms with Crippen LogP contribution in [0.25, 0.3) is 0 Å². The van der Waals surface area contributed by atoms with Gasteiger partial charge >= 0.3 is 5.97 Å². The number of aryl methyl sites for hydroxylation is 2. The molecular formula is C21H24N2O4. The molecule has 27 heavy (non-hydrogen) atoms. The Morgan fingerprint density at radius 2 is 2.07 bits per heavy atom. The van der Waals surface area contributed by atoms with E-state index in [1.807, 2.05) is 39.0 Å². The number of rotatable bonds is 5. The normalized spacial score (nSPS) is 14.7. The third-order valence-corrected chi connectivity index (χ3v) is 4.52. The van der Waals surface area contributed by atoms with E-state index in [1.54, 1.807) is 6.07 Å². The molecule has 1 aliphatic rings. The Kier molecular flexibility index (Phi) is 5.74. The molecule has 0 aliphatic heterocycles. The van der Waals surface area contributed by atoms with Gasteiger partial charge < -0.3 is 9.15 Å². The molecular weight excluding hydrogens is 344 g/mol. The van der Waals surface area contributed by atoms with Crippen molar-refractivity contribution in [2.24, 2.45) is 5.10 Å². The highest BCUT2D eigenvalue weighted by atomic mass is 16.5. The minimum Gasteiger partial charge on any atom is -0.460 e. The molecule has 1 aromatic carbocycles. The van der Waals surface area contributed by atoms with Crippen molar-refractivity contribution in [3.05, 3.63) is 58.0 Å². The van der Waals surface area contributed by atoms with Crippen LogP contribution in [0.3, 0.4) is 0 Å². The zero-order chi connectivity index (χ0) is 19.4. The number of furan rings is 1. The van der Waals surface area contributed by atoms with Crippen molar-refractivity contribution >= 4 is 17.6 Å². The van der Waals surface area contributed by atoms with Crippen molar-refractivity contribution in [2.45, 2.75) is 46.5 Å². The number of benzene rings is 1. The van der Waals surface area contributed by atoms with E-state index in [2.05, 4.69) is 10.5 Å². The van der Waals surface area contributed by atoms with E-state index in [0.717, 1.165) is 41.9 Å². The van der Waals surface area contributed by atoms with Crippen molar-refractivity contribution in [1.29, 1.82) is 0 Å². The van der Waals surface area contributed by atoms with Gasteiger partial charge in [-0.25, -0.2) is 10.2 Å². The lowest BCUT2D eigenvalue weighted by molar-refractivity contribution is 0.0465. The van der Waals surface area contributed by atoms with Gasteiger partial charge in [-0.3, -0.25) is 4.79 Å². The molecule has 6 heteroatoms. The minimum atomic E-state index is -0.452. The number of ether oxygens (including phenoxy) is 1. The van der Waals surface area contributed by atoms with Crippen LogP contribution in [0.2, 0.25) is 0 Å². The third-order valence-electron chi connectivity index (χ3n) is 4.52. The summed E-state index contributed by atoms with van der Waals surface area (Å²) < 4.78 is 11.0. The SMILES string of the molecule is CCCOC(=O)c1oc2c(c1C)/C(=N/NC(=O)c1cccc(C)c1)CCC2. The van der Waals surface area contributed by atoms with Gasteiger partial charge in [0.1, 0.15) is 5.76 Å². The number of esters is 1. The van der Waals surface area contributed by atoms with Crippen LogP contribution in [0, 0.1) is 13.8 Å². The van der Waals surface area contributed by atoms with Gasteiger partial charge in [-0.15, -0.1) is 0 Å². The van der Waals surface area contributed by atoms with E-state index in [0.29, 0.717) is 24.2 Å². The number of hydrazone groups is 1. The molecule has 1 N–H and O–H groups in total. The lowest BCUT2D eigenvalue weighted by Crippen LogP contribution is -2.22. The maximum atomic E-state index is 12.4. The van der Waals surface area contributed by atoms with E-state index in [4.69, 9.17) is 9.15 Å². The molecule has 0 atom stereocenters. The molecule has 0 radical (unpaired) electrons. The van der Waals surface area contributed by atoms with E-state index in [1.165, 1.54) is 0 Å². The van der Waals surface area contributed by atoms with Crippen LogP contribution in [-0.4, -0.2) is 24.2 Å². The van der Waals surface area contributed by atoms with Crippen molar-refractivity contribution in [2.75, 3.05) is 6.61 Å². The van der Waals surface area contributed by atoms with Gasteiger partial charge in [-0.1, -0.05) is 24.6 Å². The first-order valence-corrected chi connectivity index (χ1v) is 9.24. The number of carbonyl (C=O) groups excluding carboxylic acids is 2. The first-order valence-electron chi connectivity index (χ1n) is 9.24. The average molecular weight is 368 g/mol. The lowest BCUT2D eigenvalue weighted by Gasteiger charge is -2.13. The van der Waals surface area contributed by atoms with Crippen LogP contribution in [0.15, 0.2) is 33.8 Å². The molecule has 1 heterocycles. The smallest absolute Gasteiger partial charge is 0.374 e. The zero-order valence-electron chi connectivity index (χ0n) is 15.9. The van der Waals surface area contributed by atoms with Gasteiger partial charge in [-0.05, 0) is 45.2 Å². The van der Waals surface area contributed by atoms with Gasteiger partial charge in [0.25, 0.3) is 5.91 Å². The molecule has 0 bridgehead atoms. The third kappa shape index (κ3) is 4.10. The van der Waals surface area contributed by atoms with Crippen molar-refractivity contribution in [3.63, 3.8) is 0 Å². The van der Waals surface area contributed by atoms with Gasteiger partial charge in [0, 0.05) is 23.1 Å². The van der Waals surface area contributed by atoms with Crippen molar-refractivity contribution in [3.8, 4) is 0 Å². The lowest BCUT2D eigenvalue weighted by atomic mass is 9.93. The quantitative estimate of drug-likeness (QED) is 0.640. The molecule has 3 rings (SSSR count). The first-order chi connectivity index (χ1) is 13.0. The van der Waals surface area contributed by atoms with Crippen LogP contribution < -0.4 is 5.43 Å². The Labute approximate surface area is 158 Å². The van der Waals surface area contributed by atoms with E-state index < -0.39 is 5.97 Å². The fourth-order valence-electron chi connectivity index (χ4n) is 3.20. The molecule has 1 aromatic heterocycles. The average Bonchev–Trinajstić information content (AvgIpc) is 3.01. The second-order valence-electron chi connectivity index (χ2n) is 6.71. The summed E-state index contributed by atoms with van der Waals surface area (Å²) in [5.74, 6) is 0.243. The van der Waals surface area contributed by atoms with Crippen LogP contribution >= 0.6 is 0 Å². The molecule has 0 saturated heterocycles. The summed E-state index contributed by atoms with van der Waals surface area (Å²) in [6.07, 6.45) is 3.05. The Morgan fingerprint density at radius 3 is 2.81 bits per heavy atom. The van der Waals surface area contributed by atoms with Crippen LogP contribution in [0.4, 0.5) is 0 Å². The number of hydrogen-bond donors (Lipinski definition) is 1. The molecule has 142 valence electrons. The van der Waals surface area contributed by atoms with Gasteiger partial charge in [0.15, 0.2) is 0 Å². The summed E-state index contributed by atoms with van der Waals surface area (Å²) >= 11 is 0. The predicted octanol–water partition coefficient (Wildman–Crippen LogP) is 3.93. The van der Waals surface area contributed by atoms with Crippen LogP contribution in [0.5, 0.6) is 0 Å².